The van der Waals surface area contributed by atoms with Crippen LogP contribution in [0.15, 0.2) is 267 Å². The number of hydrogen-bond donors (Lipinski definition) is 9. The zero-order chi connectivity index (χ0) is 94.5. The maximum Gasteiger partial charge on any atom is 0.407 e. The van der Waals surface area contributed by atoms with Gasteiger partial charge in [0.05, 0.1) is 29.6 Å². The van der Waals surface area contributed by atoms with Crippen molar-refractivity contribution in [2.75, 3.05) is 13.2 Å². The van der Waals surface area contributed by atoms with Crippen molar-refractivity contribution in [1.29, 1.82) is 0 Å². The van der Waals surface area contributed by atoms with Crippen LogP contribution in [0.1, 0.15) is 250 Å². The molecule has 23 nitrogen and oxygen atoms in total. The Hall–Kier alpha value is -13.1. The second kappa shape index (κ2) is 70.5. The smallest absolute Gasteiger partial charge is 0.407 e. The number of nitrogens with two attached hydrogens (primary N) is 1. The molecule has 0 bridgehead atoms. The van der Waals surface area contributed by atoms with Gasteiger partial charge >= 0.3 is 18.3 Å². The highest BCUT2D eigenvalue weighted by Crippen LogP contribution is 2.29. The number of fused-ring (bicyclic) bond motifs is 1. The molecular formula is C112H162F2N12O11. The highest BCUT2D eigenvalue weighted by atomic mass is 19.1. The number of ether oxygens (including phenoxy) is 4. The number of halogens is 2. The van der Waals surface area contributed by atoms with Crippen LogP contribution in [0.25, 0.3) is 33.4 Å². The summed E-state index contributed by atoms with van der Waals surface area (Å²) in [4.78, 5) is 85.8. The van der Waals surface area contributed by atoms with Crippen molar-refractivity contribution in [2.45, 2.75) is 281 Å². The number of aromatic nitrogens is 3. The molecule has 1 aliphatic rings. The van der Waals surface area contributed by atoms with E-state index in [9.17, 15) is 42.3 Å². The van der Waals surface area contributed by atoms with Gasteiger partial charge in [-0.25, -0.2) is 23.2 Å². The van der Waals surface area contributed by atoms with E-state index in [4.69, 9.17) is 24.7 Å². The number of hydrogen-bond acceptors (Lipinski definition) is 15. The number of aryl methyl sites for hydroxylation is 1. The summed E-state index contributed by atoms with van der Waals surface area (Å²) in [6.45, 7) is 28.9. The number of rotatable bonds is 31. The van der Waals surface area contributed by atoms with Crippen molar-refractivity contribution in [3.63, 3.8) is 0 Å². The Morgan fingerprint density at radius 1 is 0.438 bits per heavy atom. The van der Waals surface area contributed by atoms with E-state index in [1.54, 1.807) is 24.7 Å². The SMILES string of the molecule is C.C.C.C.C.C.C.CC(C)NC(=O)C(NCc1cccc2cccnc12)c1ccccc1.CC(C)NC(=O)CC1CCCCC1.CC(C)NC(=O)Cn1nc(-c2ccccc2)cc1-c1ccccc1.CC(C)NC(=O)OCCCc1ccccc1.CC(C)NC(=O)OC[C@H](N)c1ccccc1.CC(C)NC(=O)OCc1cccc(OCc2ccccc2)c1.CC(C)NC(=O)c1cc(F)cc(F)c1. The van der Waals surface area contributed by atoms with Crippen molar-refractivity contribution >= 4 is 52.8 Å². The molecule has 750 valence electrons. The number of benzene rings is 9. The topological polar surface area (TPSA) is 309 Å². The minimum Gasteiger partial charge on any atom is -0.489 e. The fourth-order valence-corrected chi connectivity index (χ4v) is 13.1. The van der Waals surface area contributed by atoms with Gasteiger partial charge in [0.2, 0.25) is 17.7 Å². The molecule has 137 heavy (non-hydrogen) atoms. The van der Waals surface area contributed by atoms with E-state index in [1.807, 2.05) is 314 Å². The van der Waals surface area contributed by atoms with Gasteiger partial charge in [-0.05, 0) is 204 Å². The van der Waals surface area contributed by atoms with Crippen molar-refractivity contribution in [3.8, 4) is 28.3 Å². The normalized spacial score (nSPS) is 11.3. The van der Waals surface area contributed by atoms with Gasteiger partial charge in [0.15, 0.2) is 0 Å². The average molecular weight is 1890 g/mol. The third-order valence-corrected chi connectivity index (χ3v) is 18.9. The average Bonchev–Trinajstić information content (AvgIpc) is 1.72. The molecule has 12 rings (SSSR count). The molecule has 10 N–H and O–H groups in total. The first kappa shape index (κ1) is 126. The summed E-state index contributed by atoms with van der Waals surface area (Å²) < 4.78 is 48.1. The van der Waals surface area contributed by atoms with Gasteiger partial charge in [0.1, 0.15) is 49.8 Å². The van der Waals surface area contributed by atoms with Crippen LogP contribution in [-0.4, -0.2) is 112 Å². The van der Waals surface area contributed by atoms with Crippen molar-refractivity contribution in [2.24, 2.45) is 11.7 Å². The molecule has 2 heterocycles. The fourth-order valence-electron chi connectivity index (χ4n) is 13.1. The molecule has 0 aliphatic heterocycles. The Kier molecular flexibility index (Phi) is 64.8. The largest absolute Gasteiger partial charge is 0.489 e. The molecule has 2 atom stereocenters. The molecule has 1 unspecified atom stereocenters. The first-order valence-corrected chi connectivity index (χ1v) is 44.7. The molecule has 7 amide bonds. The first-order valence-electron chi connectivity index (χ1n) is 44.7. The van der Waals surface area contributed by atoms with E-state index in [0.29, 0.717) is 25.7 Å². The van der Waals surface area contributed by atoms with E-state index in [2.05, 4.69) is 64.7 Å². The highest BCUT2D eigenvalue weighted by Gasteiger charge is 2.23. The quantitative estimate of drug-likeness (QED) is 0.0144. The van der Waals surface area contributed by atoms with Crippen molar-refractivity contribution < 1.29 is 61.3 Å². The van der Waals surface area contributed by atoms with Gasteiger partial charge in [-0.1, -0.05) is 290 Å². The molecule has 0 spiro atoms. The predicted molar refractivity (Wildman–Crippen MR) is 561 cm³/mol. The number of para-hydroxylation sites is 1. The number of amides is 7. The van der Waals surface area contributed by atoms with E-state index in [0.717, 1.165) is 104 Å². The molecule has 0 saturated heterocycles. The number of carbonyl (C=O) groups is 7. The zero-order valence-electron chi connectivity index (χ0n) is 77.7. The van der Waals surface area contributed by atoms with Crippen LogP contribution in [0.5, 0.6) is 5.75 Å². The van der Waals surface area contributed by atoms with Crippen LogP contribution in [0.3, 0.4) is 0 Å². The van der Waals surface area contributed by atoms with Crippen molar-refractivity contribution in [1.82, 2.24) is 57.3 Å². The molecule has 25 heteroatoms. The lowest BCUT2D eigenvalue weighted by molar-refractivity contribution is -0.124. The van der Waals surface area contributed by atoms with Gasteiger partial charge in [-0.2, -0.15) is 5.10 Å². The molecule has 1 fully saturated rings. The summed E-state index contributed by atoms with van der Waals surface area (Å²) in [5.74, 6) is -0.376. The third-order valence-electron chi connectivity index (χ3n) is 18.9. The van der Waals surface area contributed by atoms with Crippen LogP contribution >= 0.6 is 0 Å². The minimum atomic E-state index is -0.751. The van der Waals surface area contributed by atoms with Gasteiger partial charge in [0, 0.05) is 84.0 Å². The van der Waals surface area contributed by atoms with E-state index >= 15 is 0 Å². The van der Waals surface area contributed by atoms with Crippen LogP contribution < -0.4 is 53.0 Å². The molecule has 0 radical (unpaired) electrons. The summed E-state index contributed by atoms with van der Waals surface area (Å²) in [6.07, 6.45) is 9.68. The maximum atomic E-state index is 12.7. The number of alkyl carbamates (subject to hydrolysis) is 3. The lowest BCUT2D eigenvalue weighted by Crippen LogP contribution is -2.40. The number of carbonyl (C=O) groups excluding carboxylic acids is 7. The van der Waals surface area contributed by atoms with E-state index in [-0.39, 0.29) is 149 Å². The molecule has 9 aromatic carbocycles. The van der Waals surface area contributed by atoms with Crippen LogP contribution in [0.4, 0.5) is 23.2 Å². The summed E-state index contributed by atoms with van der Waals surface area (Å²) in [6, 6.07) is 82.0. The minimum absolute atomic E-state index is 0. The molecule has 1 aliphatic carbocycles. The third kappa shape index (κ3) is 52.5. The second-order valence-corrected chi connectivity index (χ2v) is 33.4. The fraction of sp³-hybridized carbons (Fsp3) is 0.402. The summed E-state index contributed by atoms with van der Waals surface area (Å²) in [7, 11) is 0. The van der Waals surface area contributed by atoms with Crippen LogP contribution in [0.2, 0.25) is 0 Å². The zero-order valence-corrected chi connectivity index (χ0v) is 77.7. The molecule has 1 saturated carbocycles. The number of nitrogens with one attached hydrogen (secondary N) is 8. The van der Waals surface area contributed by atoms with E-state index in [1.165, 1.54) is 37.7 Å². The maximum absolute atomic E-state index is 12.7. The molecular weight excluding hydrogens is 1730 g/mol. The Morgan fingerprint density at radius 2 is 0.898 bits per heavy atom. The summed E-state index contributed by atoms with van der Waals surface area (Å²) >= 11 is 0. The molecule has 2 aromatic heterocycles. The summed E-state index contributed by atoms with van der Waals surface area (Å²) in [5.41, 5.74) is 17.0. The summed E-state index contributed by atoms with van der Waals surface area (Å²) in [5, 5.41) is 28.6. The van der Waals surface area contributed by atoms with Gasteiger partial charge in [-0.3, -0.25) is 34.2 Å². The first-order chi connectivity index (χ1) is 62.4. The number of nitrogens with zero attached hydrogens (tertiary/aromatic N) is 3. The second-order valence-electron chi connectivity index (χ2n) is 33.4. The predicted octanol–water partition coefficient (Wildman–Crippen LogP) is 24.8. The Balaban J connectivity index is 0. The Morgan fingerprint density at radius 3 is 1.43 bits per heavy atom. The lowest BCUT2D eigenvalue weighted by atomic mass is 9.87. The lowest BCUT2D eigenvalue weighted by Gasteiger charge is -2.21. The highest BCUT2D eigenvalue weighted by molar-refractivity contribution is 5.94. The van der Waals surface area contributed by atoms with Crippen LogP contribution in [-0.2, 0) is 61.3 Å². The Bertz CT molecular complexity index is 5080. The number of pyridine rings is 1. The van der Waals surface area contributed by atoms with E-state index < -0.39 is 35.8 Å². The van der Waals surface area contributed by atoms with Crippen molar-refractivity contribution in [3.05, 3.63) is 318 Å². The van der Waals surface area contributed by atoms with Crippen LogP contribution in [0, 0.1) is 17.6 Å². The molecule has 11 aromatic rings. The van der Waals surface area contributed by atoms with Gasteiger partial charge in [-0.15, -0.1) is 0 Å². The standard InChI is InChI=1S/C21H23N3O.C20H21N3O.C18H21NO3.C13H19NO2.C12H18N2O2.C11H21NO.C10H11F2NO.7CH4/c1-15(2)24-21(25)20(17-8-4-3-5-9-17)23-14-18-11-6-10-16-12-7-13-22-19(16)18;1-15(2)21-20(24)14-23-19(17-11-7-4-8-12-17)13-18(22-23)16-9-5-3-6-10-16;1-14(2)19-18(20)22-13-16-9-6-10-17(11-16)21-12-15-7-4-3-5-8-15;1-11(2)14-13(15)16-10-6-9-12-7-4-3-5-8-12;1-9(2)14-12(15)16-8-11(13)10-6-4-3-5-7-10;1-9(2)12-11(13)8-10-6-4-3-5-7-10;1-6(2)13-10(14)7-3-8(11)5-9(12)4-7;;;;;;;/h3-13,15,20,23H,14H2,1-2H3,(H,24,25);3-13,15H,14H2,1-2H3,(H,21,24);3-11,14H,12-13H2,1-2H3,(H,19,20);3-5,7-8,11H,6,9-10H2,1-2H3,(H,14,15);3-7,9,11H,8,13H2,1-2H3,(H,14,15);9-10H,3-8H2,1-2H3,(H,12,13);3-6H,1-2H3,(H,13,14);7*1H4/t;;;;11-;;;;;;;;;/m....0........./s1. The Labute approximate surface area is 818 Å². The van der Waals surface area contributed by atoms with Gasteiger partial charge < -0.3 is 61.9 Å². The van der Waals surface area contributed by atoms with Gasteiger partial charge in [0.25, 0.3) is 5.91 Å². The monoisotopic (exact) mass is 1890 g/mol.